The number of alkyl halides is 1. The summed E-state index contributed by atoms with van der Waals surface area (Å²) in [5.74, 6) is 0.0900. The number of benzene rings is 1. The first-order valence-electron chi connectivity index (χ1n) is 3.33. The van der Waals surface area contributed by atoms with Gasteiger partial charge in [0.25, 0.3) is 0 Å². The predicted octanol–water partition coefficient (Wildman–Crippen LogP) is 1.76. The van der Waals surface area contributed by atoms with Crippen molar-refractivity contribution in [2.45, 2.75) is 5.33 Å². The van der Waals surface area contributed by atoms with Gasteiger partial charge in [0.2, 0.25) is 0 Å². The summed E-state index contributed by atoms with van der Waals surface area (Å²) >= 11 is 3.23. The predicted molar refractivity (Wildman–Crippen MR) is 51.2 cm³/mol. The van der Waals surface area contributed by atoms with Crippen LogP contribution < -0.4 is 4.18 Å². The van der Waals surface area contributed by atoms with E-state index >= 15 is 0 Å². The van der Waals surface area contributed by atoms with Crippen LogP contribution in [0.25, 0.3) is 0 Å². The van der Waals surface area contributed by atoms with Crippen molar-refractivity contribution >= 4 is 26.3 Å². The van der Waals surface area contributed by atoms with E-state index in [2.05, 4.69) is 20.1 Å². The summed E-state index contributed by atoms with van der Waals surface area (Å²) in [5, 5.41) is 0.680. The first-order valence-corrected chi connectivity index (χ1v) is 5.82. The van der Waals surface area contributed by atoms with Crippen LogP contribution in [0.3, 0.4) is 0 Å². The van der Waals surface area contributed by atoms with Crippen LogP contribution in [0.1, 0.15) is 5.56 Å². The smallest absolute Gasteiger partial charge is 0.362 e. The Morgan fingerprint density at radius 3 is 2.23 bits per heavy atom. The van der Waals surface area contributed by atoms with E-state index in [0.29, 0.717) is 5.33 Å². The lowest BCUT2D eigenvalue weighted by Gasteiger charge is -2.01. The second kappa shape index (κ2) is 4.08. The van der Waals surface area contributed by atoms with E-state index in [1.54, 1.807) is 12.1 Å². The molecule has 0 atom stereocenters. The zero-order chi connectivity index (χ0) is 9.90. The highest BCUT2D eigenvalue weighted by Gasteiger charge is 2.05. The molecule has 0 aromatic heterocycles. The Morgan fingerprint density at radius 2 is 1.85 bits per heavy atom. The molecule has 0 aliphatic heterocycles. The molecule has 0 saturated heterocycles. The third kappa shape index (κ3) is 3.75. The Labute approximate surface area is 84.6 Å². The summed E-state index contributed by atoms with van der Waals surface area (Å²) in [6.45, 7) is 0. The van der Waals surface area contributed by atoms with Gasteiger partial charge in [0.15, 0.2) is 0 Å². The molecule has 6 heteroatoms. The summed E-state index contributed by atoms with van der Waals surface area (Å²) in [7, 11) is -4.41. The zero-order valence-electron chi connectivity index (χ0n) is 6.47. The van der Waals surface area contributed by atoms with Gasteiger partial charge >= 0.3 is 10.4 Å². The van der Waals surface area contributed by atoms with Crippen LogP contribution in [-0.2, 0) is 15.7 Å². The Balaban J connectivity index is 2.81. The highest BCUT2D eigenvalue weighted by Crippen LogP contribution is 2.15. The largest absolute Gasteiger partial charge is 0.446 e. The van der Waals surface area contributed by atoms with Crippen molar-refractivity contribution in [3.8, 4) is 5.75 Å². The fourth-order valence-corrected chi connectivity index (χ4v) is 1.48. The lowest BCUT2D eigenvalue weighted by atomic mass is 10.2. The van der Waals surface area contributed by atoms with Gasteiger partial charge in [0.1, 0.15) is 5.75 Å². The molecule has 0 aliphatic carbocycles. The quantitative estimate of drug-likeness (QED) is 0.669. The van der Waals surface area contributed by atoms with E-state index in [0.717, 1.165) is 5.56 Å². The third-order valence-corrected chi connectivity index (χ3v) is 2.33. The standard InChI is InChI=1S/C7H7BrO4S/c8-5-6-1-3-7(4-2-6)12-13(9,10)11/h1-4H,5H2,(H,9,10,11). The van der Waals surface area contributed by atoms with Gasteiger partial charge in [0, 0.05) is 5.33 Å². The molecule has 1 rings (SSSR count). The van der Waals surface area contributed by atoms with E-state index in [-0.39, 0.29) is 5.75 Å². The van der Waals surface area contributed by atoms with Crippen molar-refractivity contribution in [1.82, 2.24) is 0 Å². The first-order chi connectivity index (χ1) is 6.01. The Bertz CT molecular complexity index is 370. The molecule has 0 heterocycles. The number of hydrogen-bond acceptors (Lipinski definition) is 3. The molecule has 0 fully saturated rings. The Kier molecular flexibility index (Phi) is 3.29. The van der Waals surface area contributed by atoms with Gasteiger partial charge in [-0.05, 0) is 17.7 Å². The molecule has 0 amide bonds. The van der Waals surface area contributed by atoms with Crippen LogP contribution in [0.4, 0.5) is 0 Å². The van der Waals surface area contributed by atoms with Crippen molar-refractivity contribution < 1.29 is 17.2 Å². The summed E-state index contributed by atoms with van der Waals surface area (Å²) in [6.07, 6.45) is 0. The minimum absolute atomic E-state index is 0.0900. The van der Waals surface area contributed by atoms with Gasteiger partial charge in [-0.1, -0.05) is 28.1 Å². The van der Waals surface area contributed by atoms with Crippen molar-refractivity contribution in [2.75, 3.05) is 0 Å². The highest BCUT2D eigenvalue weighted by atomic mass is 79.9. The van der Waals surface area contributed by atoms with Crippen molar-refractivity contribution in [1.29, 1.82) is 0 Å². The molecule has 13 heavy (non-hydrogen) atoms. The van der Waals surface area contributed by atoms with E-state index in [9.17, 15) is 8.42 Å². The average molecular weight is 267 g/mol. The second-order valence-corrected chi connectivity index (χ2v) is 3.87. The maximum absolute atomic E-state index is 10.3. The fourth-order valence-electron chi connectivity index (χ4n) is 0.756. The molecular weight excluding hydrogens is 260 g/mol. The second-order valence-electron chi connectivity index (χ2n) is 2.29. The van der Waals surface area contributed by atoms with Gasteiger partial charge in [-0.3, -0.25) is 4.55 Å². The van der Waals surface area contributed by atoms with Gasteiger partial charge in [-0.25, -0.2) is 0 Å². The van der Waals surface area contributed by atoms with Crippen LogP contribution in [0.15, 0.2) is 24.3 Å². The van der Waals surface area contributed by atoms with E-state index in [1.807, 2.05) is 0 Å². The average Bonchev–Trinajstić information content (AvgIpc) is 2.03. The van der Waals surface area contributed by atoms with Crippen LogP contribution in [0.5, 0.6) is 5.75 Å². The van der Waals surface area contributed by atoms with Gasteiger partial charge in [-0.2, -0.15) is 8.42 Å². The summed E-state index contributed by atoms with van der Waals surface area (Å²) in [6, 6.07) is 6.30. The topological polar surface area (TPSA) is 63.6 Å². The molecule has 0 saturated carbocycles. The molecule has 72 valence electrons. The zero-order valence-corrected chi connectivity index (χ0v) is 8.88. The fraction of sp³-hybridized carbons (Fsp3) is 0.143. The molecular formula is C7H7BrO4S. The van der Waals surface area contributed by atoms with Crippen LogP contribution in [0, 0.1) is 0 Å². The maximum atomic E-state index is 10.3. The molecule has 0 unspecified atom stereocenters. The SMILES string of the molecule is O=S(=O)(O)Oc1ccc(CBr)cc1. The Morgan fingerprint density at radius 1 is 1.31 bits per heavy atom. The van der Waals surface area contributed by atoms with Gasteiger partial charge in [0.05, 0.1) is 0 Å². The lowest BCUT2D eigenvalue weighted by Crippen LogP contribution is -2.06. The lowest BCUT2D eigenvalue weighted by molar-refractivity contribution is 0.387. The van der Waals surface area contributed by atoms with Crippen molar-refractivity contribution in [3.05, 3.63) is 29.8 Å². The minimum Gasteiger partial charge on any atom is -0.362 e. The normalized spacial score (nSPS) is 11.2. The van der Waals surface area contributed by atoms with E-state index < -0.39 is 10.4 Å². The van der Waals surface area contributed by atoms with Gasteiger partial charge in [-0.15, -0.1) is 0 Å². The molecule has 0 aliphatic rings. The van der Waals surface area contributed by atoms with Crippen molar-refractivity contribution in [3.63, 3.8) is 0 Å². The number of rotatable bonds is 3. The molecule has 0 radical (unpaired) electrons. The summed E-state index contributed by atoms with van der Waals surface area (Å²) in [4.78, 5) is 0. The molecule has 1 N–H and O–H groups in total. The molecule has 0 spiro atoms. The molecule has 4 nitrogen and oxygen atoms in total. The highest BCUT2D eigenvalue weighted by molar-refractivity contribution is 9.08. The monoisotopic (exact) mass is 266 g/mol. The first kappa shape index (κ1) is 10.5. The molecule has 1 aromatic rings. The van der Waals surface area contributed by atoms with Crippen LogP contribution in [-0.4, -0.2) is 13.0 Å². The summed E-state index contributed by atoms with van der Waals surface area (Å²) in [5.41, 5.74) is 0.989. The van der Waals surface area contributed by atoms with Crippen LogP contribution >= 0.6 is 15.9 Å². The maximum Gasteiger partial charge on any atom is 0.446 e. The molecule has 1 aromatic carbocycles. The van der Waals surface area contributed by atoms with Crippen LogP contribution in [0.2, 0.25) is 0 Å². The summed E-state index contributed by atoms with van der Waals surface area (Å²) < 4.78 is 33.1. The minimum atomic E-state index is -4.41. The number of hydrogen-bond donors (Lipinski definition) is 1. The molecule has 0 bridgehead atoms. The van der Waals surface area contributed by atoms with E-state index in [1.165, 1.54) is 12.1 Å². The van der Waals surface area contributed by atoms with Gasteiger partial charge < -0.3 is 4.18 Å². The number of halogens is 1. The van der Waals surface area contributed by atoms with Crippen molar-refractivity contribution in [2.24, 2.45) is 0 Å². The van der Waals surface area contributed by atoms with E-state index in [4.69, 9.17) is 4.55 Å². The third-order valence-electron chi connectivity index (χ3n) is 1.28. The Hall–Kier alpha value is -0.590.